The summed E-state index contributed by atoms with van der Waals surface area (Å²) in [6.07, 6.45) is 76.8. The summed E-state index contributed by atoms with van der Waals surface area (Å²) in [6, 6.07) is 0. The van der Waals surface area contributed by atoms with Gasteiger partial charge in [-0.15, -0.1) is 0 Å². The van der Waals surface area contributed by atoms with Gasteiger partial charge in [0.2, 0.25) is 0 Å². The molecule has 0 bridgehead atoms. The first-order chi connectivity index (χ1) is 27.7. The molecule has 0 saturated carbocycles. The molecule has 0 atom stereocenters. The van der Waals surface area contributed by atoms with E-state index in [-0.39, 0.29) is 0 Å². The first-order valence-electron chi connectivity index (χ1n) is 27.6. The van der Waals surface area contributed by atoms with Crippen molar-refractivity contribution in [3.63, 3.8) is 0 Å². The van der Waals surface area contributed by atoms with Crippen LogP contribution in [-0.4, -0.2) is 24.6 Å². The quantitative estimate of drug-likeness (QED) is 0.0424. The highest BCUT2D eigenvalue weighted by atomic mass is 31.2. The zero-order valence-corrected chi connectivity index (χ0v) is 41.4. The molecule has 0 aliphatic heterocycles. The van der Waals surface area contributed by atoms with E-state index in [4.69, 9.17) is 0 Å². The van der Waals surface area contributed by atoms with Crippen molar-refractivity contribution in [1.29, 1.82) is 0 Å². The molecule has 0 aromatic heterocycles. The van der Waals surface area contributed by atoms with Gasteiger partial charge in [0, 0.05) is 7.26 Å². The third-order valence-corrected chi connectivity index (χ3v) is 18.8. The topological polar surface area (TPSA) is 0 Å². The minimum absolute atomic E-state index is 0.813. The highest BCUT2D eigenvalue weighted by Crippen LogP contribution is 2.61. The summed E-state index contributed by atoms with van der Waals surface area (Å²) >= 11 is 0. The molecule has 56 heavy (non-hydrogen) atoms. The Morgan fingerprint density at radius 2 is 0.250 bits per heavy atom. The van der Waals surface area contributed by atoms with Crippen LogP contribution >= 0.6 is 7.26 Å². The van der Waals surface area contributed by atoms with E-state index >= 15 is 0 Å². The van der Waals surface area contributed by atoms with Crippen molar-refractivity contribution in [1.82, 2.24) is 0 Å². The summed E-state index contributed by atoms with van der Waals surface area (Å²) in [5.41, 5.74) is 0. The normalized spacial score (nSPS) is 12.0. The molecule has 0 saturated heterocycles. The molecule has 0 aromatic carbocycles. The fraction of sp³-hybridized carbons (Fsp3) is 1.00. The van der Waals surface area contributed by atoms with Crippen molar-refractivity contribution >= 4 is 7.26 Å². The Bertz CT molecular complexity index is 601. The zero-order valence-electron chi connectivity index (χ0n) is 40.5. The molecule has 0 unspecified atom stereocenters. The van der Waals surface area contributed by atoms with Crippen LogP contribution in [-0.2, 0) is 0 Å². The highest BCUT2D eigenvalue weighted by molar-refractivity contribution is 7.75. The van der Waals surface area contributed by atoms with Crippen LogP contribution in [0.2, 0.25) is 0 Å². The third-order valence-electron chi connectivity index (χ3n) is 13.7. The molecule has 0 N–H and O–H groups in total. The highest BCUT2D eigenvalue weighted by Gasteiger charge is 2.35. The van der Waals surface area contributed by atoms with E-state index in [2.05, 4.69) is 27.7 Å². The molecular weight excluding hydrogens is 692 g/mol. The SMILES string of the molecule is CCCCCCCCCCCCCC[P+](CCCCCCCCCCCCC)(CCCCCCCCCCCCCC)CCCCCCCCCCCCCC. The first-order valence-corrected chi connectivity index (χ1v) is 30.1. The maximum atomic E-state index is 2.34. The molecule has 0 rings (SSSR count). The van der Waals surface area contributed by atoms with Gasteiger partial charge in [0.25, 0.3) is 0 Å². The van der Waals surface area contributed by atoms with Gasteiger partial charge in [-0.1, -0.05) is 278 Å². The molecule has 0 amide bonds. The number of unbranched alkanes of at least 4 members (excludes halogenated alkanes) is 43. The summed E-state index contributed by atoms with van der Waals surface area (Å²) in [6.45, 7) is 9.35. The van der Waals surface area contributed by atoms with Crippen molar-refractivity contribution in [2.24, 2.45) is 0 Å². The smallest absolute Gasteiger partial charge is 0.0594 e. The molecule has 0 fully saturated rings. The van der Waals surface area contributed by atoms with Crippen molar-refractivity contribution in [3.8, 4) is 0 Å². The maximum Gasteiger partial charge on any atom is 0.0594 e. The van der Waals surface area contributed by atoms with Crippen LogP contribution in [0.25, 0.3) is 0 Å². The Labute approximate surface area is 360 Å². The van der Waals surface area contributed by atoms with E-state index in [1.54, 1.807) is 50.3 Å². The van der Waals surface area contributed by atoms with Gasteiger partial charge in [0.15, 0.2) is 0 Å². The second-order valence-corrected chi connectivity index (χ2v) is 23.9. The summed E-state index contributed by atoms with van der Waals surface area (Å²) < 4.78 is 0. The third kappa shape index (κ3) is 44.0. The minimum Gasteiger partial charge on any atom is -0.0654 e. The predicted molar refractivity (Wildman–Crippen MR) is 266 cm³/mol. The molecule has 0 aliphatic rings. The average Bonchev–Trinajstić information content (AvgIpc) is 3.21. The molecule has 0 spiro atoms. The minimum atomic E-state index is -0.813. The van der Waals surface area contributed by atoms with E-state index in [1.807, 2.05) is 0 Å². The lowest BCUT2D eigenvalue weighted by atomic mass is 10.1. The monoisotopic (exact) mass is 806 g/mol. The van der Waals surface area contributed by atoms with Crippen molar-refractivity contribution in [2.45, 2.75) is 329 Å². The lowest BCUT2D eigenvalue weighted by Gasteiger charge is -2.28. The van der Waals surface area contributed by atoms with Gasteiger partial charge in [-0.2, -0.15) is 0 Å². The zero-order chi connectivity index (χ0) is 40.6. The van der Waals surface area contributed by atoms with E-state index in [1.165, 1.54) is 276 Å². The van der Waals surface area contributed by atoms with Gasteiger partial charge in [0.1, 0.15) is 0 Å². The number of hydrogen-bond acceptors (Lipinski definition) is 0. The summed E-state index contributed by atoms with van der Waals surface area (Å²) in [7, 11) is -0.813. The number of rotatable bonds is 51. The van der Waals surface area contributed by atoms with Crippen LogP contribution in [0.5, 0.6) is 0 Å². The van der Waals surface area contributed by atoms with E-state index in [0.29, 0.717) is 0 Å². The van der Waals surface area contributed by atoms with Crippen LogP contribution in [0.3, 0.4) is 0 Å². The van der Waals surface area contributed by atoms with Crippen molar-refractivity contribution in [2.75, 3.05) is 24.6 Å². The Hall–Kier alpha value is 0.430. The Balaban J connectivity index is 4.90. The van der Waals surface area contributed by atoms with Crippen LogP contribution in [0.15, 0.2) is 0 Å². The maximum absolute atomic E-state index is 2.34. The van der Waals surface area contributed by atoms with Crippen LogP contribution < -0.4 is 0 Å². The molecule has 0 aromatic rings. The summed E-state index contributed by atoms with van der Waals surface area (Å²) in [5, 5.41) is 0. The molecular formula is C55H114P+. The molecule has 0 nitrogen and oxygen atoms in total. The fourth-order valence-corrected chi connectivity index (χ4v) is 14.6. The van der Waals surface area contributed by atoms with Crippen LogP contribution in [0, 0.1) is 0 Å². The van der Waals surface area contributed by atoms with E-state index < -0.39 is 7.26 Å². The van der Waals surface area contributed by atoms with E-state index in [9.17, 15) is 0 Å². The Morgan fingerprint density at radius 1 is 0.143 bits per heavy atom. The summed E-state index contributed by atoms with van der Waals surface area (Å²) in [4.78, 5) is 0. The van der Waals surface area contributed by atoms with Gasteiger partial charge in [0.05, 0.1) is 24.6 Å². The average molecular weight is 806 g/mol. The van der Waals surface area contributed by atoms with E-state index in [0.717, 1.165) is 0 Å². The fourth-order valence-electron chi connectivity index (χ4n) is 9.65. The largest absolute Gasteiger partial charge is 0.0654 e. The number of hydrogen-bond donors (Lipinski definition) is 0. The van der Waals surface area contributed by atoms with Gasteiger partial charge in [-0.25, -0.2) is 0 Å². The predicted octanol–water partition coefficient (Wildman–Crippen LogP) is 21.4. The lowest BCUT2D eigenvalue weighted by molar-refractivity contribution is 0.545. The van der Waals surface area contributed by atoms with Gasteiger partial charge in [-0.3, -0.25) is 0 Å². The van der Waals surface area contributed by atoms with Gasteiger partial charge < -0.3 is 0 Å². The molecule has 0 aliphatic carbocycles. The van der Waals surface area contributed by atoms with Crippen molar-refractivity contribution < 1.29 is 0 Å². The van der Waals surface area contributed by atoms with Crippen LogP contribution in [0.4, 0.5) is 0 Å². The standard InChI is InChI=1S/C55H114P/c1-5-9-13-17-21-25-29-33-37-41-45-49-53-56(52-48-44-40-36-32-28-24-20-16-12-8-4,54-50-46-42-38-34-30-26-22-18-14-10-6-2)55-51-47-43-39-35-31-27-23-19-15-11-7-3/h5-55H2,1-4H3/q+1. The molecule has 1 heteroatoms. The molecule has 0 heterocycles. The Kier molecular flexibility index (Phi) is 50.2. The van der Waals surface area contributed by atoms with Gasteiger partial charge >= 0.3 is 0 Å². The second kappa shape index (κ2) is 49.8. The lowest BCUT2D eigenvalue weighted by Crippen LogP contribution is -2.13. The van der Waals surface area contributed by atoms with Crippen LogP contribution in [0.1, 0.15) is 329 Å². The Morgan fingerprint density at radius 3 is 0.375 bits per heavy atom. The van der Waals surface area contributed by atoms with Crippen molar-refractivity contribution in [3.05, 3.63) is 0 Å². The molecule has 338 valence electrons. The molecule has 0 radical (unpaired) electrons. The summed E-state index contributed by atoms with van der Waals surface area (Å²) in [5.74, 6) is 0. The second-order valence-electron chi connectivity index (χ2n) is 19.4. The first kappa shape index (κ1) is 56.4. The van der Waals surface area contributed by atoms with Gasteiger partial charge in [-0.05, 0) is 51.4 Å².